The molecule has 0 aromatic heterocycles. The van der Waals surface area contributed by atoms with Crippen LogP contribution in [0.25, 0.3) is 0 Å². The number of halogens is 5. The predicted molar refractivity (Wildman–Crippen MR) is 70.0 cm³/mol. The Morgan fingerprint density at radius 1 is 1.33 bits per heavy atom. The van der Waals surface area contributed by atoms with Gasteiger partial charge in [0.1, 0.15) is 4.90 Å². The molecule has 3 nitrogen and oxygen atoms in total. The third kappa shape index (κ3) is 3.54. The van der Waals surface area contributed by atoms with Gasteiger partial charge < -0.3 is 0 Å². The van der Waals surface area contributed by atoms with E-state index in [9.17, 15) is 17.2 Å². The normalized spacial score (nSPS) is 12.4. The molecule has 102 valence electrons. The zero-order valence-corrected chi connectivity index (χ0v) is 12.9. The molecule has 0 bridgehead atoms. The highest BCUT2D eigenvalue weighted by Crippen LogP contribution is 2.34. The largest absolute Gasteiger partial charge is 0.252 e. The fourth-order valence-electron chi connectivity index (χ4n) is 1.22. The molecule has 0 saturated heterocycles. The number of nitrogens with zero attached hydrogens (tertiary/aromatic N) is 1. The molecule has 0 radical (unpaired) electrons. The van der Waals surface area contributed by atoms with E-state index in [0.717, 1.165) is 7.05 Å². The van der Waals surface area contributed by atoms with Crippen LogP contribution in [0.15, 0.2) is 21.5 Å². The highest BCUT2D eigenvalue weighted by atomic mass is 79.9. The van der Waals surface area contributed by atoms with Crippen LogP contribution in [0.4, 0.5) is 8.78 Å². The SMILES string of the molecule is CN(CC(F)F)S(=O)(=O)c1c(Cl)cc(Br)cc1Cl. The van der Waals surface area contributed by atoms with Gasteiger partial charge >= 0.3 is 0 Å². The lowest BCUT2D eigenvalue weighted by Gasteiger charge is -2.18. The van der Waals surface area contributed by atoms with E-state index in [1.807, 2.05) is 0 Å². The number of alkyl halides is 2. The van der Waals surface area contributed by atoms with E-state index in [2.05, 4.69) is 15.9 Å². The Morgan fingerprint density at radius 2 is 1.78 bits per heavy atom. The van der Waals surface area contributed by atoms with Crippen molar-refractivity contribution in [3.8, 4) is 0 Å². The van der Waals surface area contributed by atoms with Gasteiger partial charge in [0.25, 0.3) is 6.43 Å². The summed E-state index contributed by atoms with van der Waals surface area (Å²) in [5.41, 5.74) is 0. The Kier molecular flexibility index (Phi) is 5.37. The number of rotatable bonds is 4. The van der Waals surface area contributed by atoms with Gasteiger partial charge in [-0.3, -0.25) is 0 Å². The van der Waals surface area contributed by atoms with Gasteiger partial charge in [-0.05, 0) is 12.1 Å². The topological polar surface area (TPSA) is 37.4 Å². The lowest BCUT2D eigenvalue weighted by Crippen LogP contribution is -2.31. The zero-order valence-electron chi connectivity index (χ0n) is 9.00. The first-order valence-electron chi connectivity index (χ1n) is 4.55. The van der Waals surface area contributed by atoms with E-state index < -0.39 is 23.0 Å². The smallest absolute Gasteiger partial charge is 0.209 e. The number of hydrogen-bond acceptors (Lipinski definition) is 2. The van der Waals surface area contributed by atoms with Gasteiger partial charge in [0.15, 0.2) is 0 Å². The molecule has 0 fully saturated rings. The molecule has 18 heavy (non-hydrogen) atoms. The summed E-state index contributed by atoms with van der Waals surface area (Å²) in [5.74, 6) is 0. The number of sulfonamides is 1. The van der Waals surface area contributed by atoms with Crippen molar-refractivity contribution in [1.29, 1.82) is 0 Å². The molecule has 0 heterocycles. The second kappa shape index (κ2) is 6.00. The van der Waals surface area contributed by atoms with Crippen LogP contribution in [0.3, 0.4) is 0 Å². The van der Waals surface area contributed by atoms with Gasteiger partial charge in [-0.25, -0.2) is 17.2 Å². The first-order chi connectivity index (χ1) is 8.16. The van der Waals surface area contributed by atoms with Crippen LogP contribution in [-0.2, 0) is 10.0 Å². The second-order valence-electron chi connectivity index (χ2n) is 3.38. The zero-order chi connectivity index (χ0) is 14.1. The lowest BCUT2D eigenvalue weighted by molar-refractivity contribution is 0.126. The Balaban J connectivity index is 3.29. The van der Waals surface area contributed by atoms with Crippen LogP contribution in [0.1, 0.15) is 0 Å². The summed E-state index contributed by atoms with van der Waals surface area (Å²) in [6.07, 6.45) is -2.78. The molecular weight excluding hydrogens is 375 g/mol. The Bertz CT molecular complexity index is 530. The molecule has 0 spiro atoms. The highest BCUT2D eigenvalue weighted by Gasteiger charge is 2.28. The van der Waals surface area contributed by atoms with Crippen molar-refractivity contribution in [3.05, 3.63) is 26.7 Å². The van der Waals surface area contributed by atoms with Crippen molar-refractivity contribution >= 4 is 49.2 Å². The van der Waals surface area contributed by atoms with Crippen molar-refractivity contribution in [2.75, 3.05) is 13.6 Å². The maximum Gasteiger partial charge on any atom is 0.252 e. The number of hydrogen-bond donors (Lipinski definition) is 0. The molecule has 0 unspecified atom stereocenters. The van der Waals surface area contributed by atoms with Crippen LogP contribution in [0.2, 0.25) is 10.0 Å². The molecule has 9 heteroatoms. The third-order valence-corrected chi connectivity index (χ3v) is 5.23. The molecular formula is C9H8BrCl2F2NO2S. The van der Waals surface area contributed by atoms with E-state index >= 15 is 0 Å². The minimum Gasteiger partial charge on any atom is -0.209 e. The van der Waals surface area contributed by atoms with E-state index in [-0.39, 0.29) is 14.9 Å². The van der Waals surface area contributed by atoms with Crippen LogP contribution >= 0.6 is 39.1 Å². The molecule has 0 aliphatic heterocycles. The van der Waals surface area contributed by atoms with Gasteiger partial charge in [-0.1, -0.05) is 39.1 Å². The summed E-state index contributed by atoms with van der Waals surface area (Å²) in [4.78, 5) is -0.378. The summed E-state index contributed by atoms with van der Waals surface area (Å²) >= 11 is 14.7. The fraction of sp³-hybridized carbons (Fsp3) is 0.333. The molecule has 1 rings (SSSR count). The third-order valence-electron chi connectivity index (χ3n) is 2.03. The summed E-state index contributed by atoms with van der Waals surface area (Å²) < 4.78 is 49.5. The minimum absolute atomic E-state index is 0.129. The van der Waals surface area contributed by atoms with Crippen LogP contribution in [-0.4, -0.2) is 32.7 Å². The minimum atomic E-state index is -4.14. The summed E-state index contributed by atoms with van der Waals surface area (Å²) in [6.45, 7) is -0.926. The average Bonchev–Trinajstić information content (AvgIpc) is 2.13. The molecule has 0 saturated carbocycles. The molecule has 0 N–H and O–H groups in total. The maximum atomic E-state index is 12.2. The van der Waals surface area contributed by atoms with Gasteiger partial charge in [0, 0.05) is 11.5 Å². The second-order valence-corrected chi connectivity index (χ2v) is 7.09. The fourth-order valence-corrected chi connectivity index (χ4v) is 4.25. The van der Waals surface area contributed by atoms with Crippen molar-refractivity contribution in [1.82, 2.24) is 4.31 Å². The van der Waals surface area contributed by atoms with Gasteiger partial charge in [-0.2, -0.15) is 4.31 Å². The van der Waals surface area contributed by atoms with Crippen LogP contribution in [0, 0.1) is 0 Å². The molecule has 0 aliphatic rings. The monoisotopic (exact) mass is 381 g/mol. The van der Waals surface area contributed by atoms with Crippen molar-refractivity contribution < 1.29 is 17.2 Å². The summed E-state index contributed by atoms with van der Waals surface area (Å²) in [5, 5.41) is -0.258. The quantitative estimate of drug-likeness (QED) is 0.797. The van der Waals surface area contributed by atoms with Crippen molar-refractivity contribution in [3.63, 3.8) is 0 Å². The predicted octanol–water partition coefficient (Wildman–Crippen LogP) is 3.64. The maximum absolute atomic E-state index is 12.2. The Hall–Kier alpha value is 0.0500. The van der Waals surface area contributed by atoms with E-state index in [1.54, 1.807) is 0 Å². The molecule has 0 atom stereocenters. The van der Waals surface area contributed by atoms with Crippen molar-refractivity contribution in [2.45, 2.75) is 11.3 Å². The van der Waals surface area contributed by atoms with Crippen molar-refractivity contribution in [2.24, 2.45) is 0 Å². The molecule has 1 aromatic carbocycles. The number of benzene rings is 1. The standard InChI is InChI=1S/C9H8BrCl2F2NO2S/c1-15(4-8(13)14)18(16,17)9-6(11)2-5(10)3-7(9)12/h2-3,8H,4H2,1H3. The average molecular weight is 383 g/mol. The van der Waals surface area contributed by atoms with Gasteiger partial charge in [-0.15, -0.1) is 0 Å². The van der Waals surface area contributed by atoms with Crippen LogP contribution < -0.4 is 0 Å². The molecule has 1 aromatic rings. The first kappa shape index (κ1) is 16.1. The summed E-state index contributed by atoms with van der Waals surface area (Å²) in [6, 6.07) is 2.66. The molecule has 0 aliphatic carbocycles. The van der Waals surface area contributed by atoms with E-state index in [4.69, 9.17) is 23.2 Å². The van der Waals surface area contributed by atoms with Gasteiger partial charge in [0.2, 0.25) is 10.0 Å². The van der Waals surface area contributed by atoms with Gasteiger partial charge in [0.05, 0.1) is 16.6 Å². The summed E-state index contributed by atoms with van der Waals surface area (Å²) in [7, 11) is -3.11. The lowest BCUT2D eigenvalue weighted by atomic mass is 10.4. The van der Waals surface area contributed by atoms with E-state index in [0.29, 0.717) is 8.78 Å². The first-order valence-corrected chi connectivity index (χ1v) is 7.54. The van der Waals surface area contributed by atoms with Crippen LogP contribution in [0.5, 0.6) is 0 Å². The highest BCUT2D eigenvalue weighted by molar-refractivity contribution is 9.10. The molecule has 0 amide bonds. The Labute approximate surface area is 122 Å². The van der Waals surface area contributed by atoms with E-state index in [1.165, 1.54) is 12.1 Å². The Morgan fingerprint density at radius 3 is 2.17 bits per heavy atom.